The van der Waals surface area contributed by atoms with E-state index in [1.807, 2.05) is 0 Å². The van der Waals surface area contributed by atoms with E-state index in [4.69, 9.17) is 10.2 Å². The number of aliphatic hydroxyl groups excluding tert-OH is 1. The summed E-state index contributed by atoms with van der Waals surface area (Å²) in [7, 11) is 0. The number of hydrogen-bond donors (Lipinski definition) is 2. The van der Waals surface area contributed by atoms with Gasteiger partial charge in [-0.15, -0.1) is 0 Å². The molecule has 0 bridgehead atoms. The van der Waals surface area contributed by atoms with Gasteiger partial charge in [0.1, 0.15) is 0 Å². The summed E-state index contributed by atoms with van der Waals surface area (Å²) >= 11 is 0. The van der Waals surface area contributed by atoms with Gasteiger partial charge in [-0.3, -0.25) is 4.79 Å². The molecule has 0 saturated heterocycles. The van der Waals surface area contributed by atoms with E-state index in [0.717, 1.165) is 6.08 Å². The summed E-state index contributed by atoms with van der Waals surface area (Å²) < 4.78 is 0. The van der Waals surface area contributed by atoms with E-state index in [1.54, 1.807) is 12.2 Å². The predicted octanol–water partition coefficient (Wildman–Crippen LogP) is 0.277. The summed E-state index contributed by atoms with van der Waals surface area (Å²) in [5, 5.41) is 17.4. The first kappa shape index (κ1) is 9.67. The van der Waals surface area contributed by atoms with Crippen LogP contribution in [0.1, 0.15) is 12.8 Å². The van der Waals surface area contributed by atoms with Crippen LogP contribution >= 0.6 is 0 Å². The number of carboxylic acids is 1. The van der Waals surface area contributed by atoms with Crippen molar-refractivity contribution in [1.29, 1.82) is 0 Å². The van der Waals surface area contributed by atoms with Gasteiger partial charge in [0.15, 0.2) is 0 Å². The van der Waals surface area contributed by atoms with Gasteiger partial charge in [-0.05, 0) is 24.5 Å². The molecular formula is C9H10O4. The highest BCUT2D eigenvalue weighted by molar-refractivity contribution is 6.37. The minimum absolute atomic E-state index is 0.475. The zero-order valence-electron chi connectivity index (χ0n) is 6.93. The van der Waals surface area contributed by atoms with Gasteiger partial charge in [0, 0.05) is 0 Å². The average molecular weight is 182 g/mol. The lowest BCUT2D eigenvalue weighted by Gasteiger charge is -2.11. The Kier molecular flexibility index (Phi) is 2.97. The molecule has 4 nitrogen and oxygen atoms in total. The SMILES string of the molecule is O=C(O)C(=O)/C=C1\C=C[C@H](O)CC1. The molecule has 0 aromatic rings. The molecule has 4 heteroatoms. The van der Waals surface area contributed by atoms with Gasteiger partial charge in [0.05, 0.1) is 6.10 Å². The first-order chi connectivity index (χ1) is 6.09. The predicted molar refractivity (Wildman–Crippen MR) is 45.1 cm³/mol. The molecule has 0 heterocycles. The average Bonchev–Trinajstić information content (AvgIpc) is 2.08. The summed E-state index contributed by atoms with van der Waals surface area (Å²) in [5.41, 5.74) is 0.651. The van der Waals surface area contributed by atoms with Crippen LogP contribution in [0.3, 0.4) is 0 Å². The van der Waals surface area contributed by atoms with Crippen LogP contribution in [0.5, 0.6) is 0 Å². The second-order valence-electron chi connectivity index (χ2n) is 2.85. The Morgan fingerprint density at radius 3 is 2.69 bits per heavy atom. The molecule has 1 rings (SSSR count). The number of carbonyl (C=O) groups excluding carboxylic acids is 1. The Morgan fingerprint density at radius 1 is 1.54 bits per heavy atom. The minimum Gasteiger partial charge on any atom is -0.475 e. The minimum atomic E-state index is -1.45. The maximum Gasteiger partial charge on any atom is 0.376 e. The van der Waals surface area contributed by atoms with E-state index >= 15 is 0 Å². The van der Waals surface area contributed by atoms with E-state index < -0.39 is 17.9 Å². The van der Waals surface area contributed by atoms with Crippen LogP contribution in [0, 0.1) is 0 Å². The fourth-order valence-electron chi connectivity index (χ4n) is 1.08. The summed E-state index contributed by atoms with van der Waals surface area (Å²) in [5.74, 6) is -2.37. The molecule has 1 aliphatic rings. The lowest BCUT2D eigenvalue weighted by molar-refractivity contribution is -0.146. The first-order valence-electron chi connectivity index (χ1n) is 3.93. The molecule has 0 aromatic heterocycles. The molecule has 0 aromatic carbocycles. The molecule has 0 unspecified atom stereocenters. The molecule has 70 valence electrons. The van der Waals surface area contributed by atoms with Crippen molar-refractivity contribution >= 4 is 11.8 Å². The Labute approximate surface area is 75.2 Å². The number of ketones is 1. The number of allylic oxidation sites excluding steroid dienone is 2. The van der Waals surface area contributed by atoms with E-state index in [-0.39, 0.29) is 0 Å². The third-order valence-corrected chi connectivity index (χ3v) is 1.79. The molecule has 1 atom stereocenters. The van der Waals surface area contributed by atoms with Gasteiger partial charge in [-0.25, -0.2) is 4.79 Å². The molecule has 0 radical (unpaired) electrons. The molecule has 1 aliphatic carbocycles. The summed E-state index contributed by atoms with van der Waals surface area (Å²) in [6.45, 7) is 0. The Bertz CT molecular complexity index is 288. The molecule has 0 amide bonds. The Morgan fingerprint density at radius 2 is 2.23 bits per heavy atom. The van der Waals surface area contributed by atoms with Gasteiger partial charge in [0.2, 0.25) is 0 Å². The van der Waals surface area contributed by atoms with Crippen molar-refractivity contribution in [2.24, 2.45) is 0 Å². The smallest absolute Gasteiger partial charge is 0.376 e. The fraction of sp³-hybridized carbons (Fsp3) is 0.333. The lowest BCUT2D eigenvalue weighted by Crippen LogP contribution is -2.12. The van der Waals surface area contributed by atoms with Crippen LogP contribution in [0.15, 0.2) is 23.8 Å². The van der Waals surface area contributed by atoms with E-state index in [1.165, 1.54) is 0 Å². The largest absolute Gasteiger partial charge is 0.475 e. The van der Waals surface area contributed by atoms with Crippen LogP contribution in [-0.4, -0.2) is 28.1 Å². The third kappa shape index (κ3) is 2.83. The molecule has 0 aliphatic heterocycles. The number of carbonyl (C=O) groups is 2. The van der Waals surface area contributed by atoms with Gasteiger partial charge in [-0.1, -0.05) is 12.2 Å². The fourth-order valence-corrected chi connectivity index (χ4v) is 1.08. The van der Waals surface area contributed by atoms with E-state index in [2.05, 4.69) is 0 Å². The van der Waals surface area contributed by atoms with Gasteiger partial charge >= 0.3 is 5.97 Å². The summed E-state index contributed by atoms with van der Waals surface area (Å²) in [6, 6.07) is 0. The second kappa shape index (κ2) is 4.00. The van der Waals surface area contributed by atoms with Crippen LogP contribution in [0.25, 0.3) is 0 Å². The third-order valence-electron chi connectivity index (χ3n) is 1.79. The van der Waals surface area contributed by atoms with Crippen molar-refractivity contribution in [3.8, 4) is 0 Å². The van der Waals surface area contributed by atoms with Gasteiger partial charge in [-0.2, -0.15) is 0 Å². The van der Waals surface area contributed by atoms with E-state index in [9.17, 15) is 9.59 Å². The van der Waals surface area contributed by atoms with Crippen molar-refractivity contribution < 1.29 is 19.8 Å². The number of aliphatic hydroxyl groups is 1. The lowest BCUT2D eigenvalue weighted by atomic mass is 9.99. The Balaban J connectivity index is 2.68. The number of carboxylic acid groups (broad SMARTS) is 1. The molecule has 2 N–H and O–H groups in total. The standard InChI is InChI=1S/C9H10O4/c10-7-3-1-6(2-4-7)5-8(11)9(12)13/h1,3,5,7,10H,2,4H2,(H,12,13)/b6-5+/t7-/m0/s1. The maximum absolute atomic E-state index is 10.7. The second-order valence-corrected chi connectivity index (χ2v) is 2.85. The van der Waals surface area contributed by atoms with Gasteiger partial charge in [0.25, 0.3) is 5.78 Å². The zero-order chi connectivity index (χ0) is 9.84. The maximum atomic E-state index is 10.7. The highest BCUT2D eigenvalue weighted by Crippen LogP contribution is 2.16. The molecular weight excluding hydrogens is 172 g/mol. The van der Waals surface area contributed by atoms with Crippen molar-refractivity contribution in [3.05, 3.63) is 23.8 Å². The number of hydrogen-bond acceptors (Lipinski definition) is 3. The highest BCUT2D eigenvalue weighted by atomic mass is 16.4. The topological polar surface area (TPSA) is 74.6 Å². The number of rotatable bonds is 2. The quantitative estimate of drug-likeness (QED) is 0.475. The van der Waals surface area contributed by atoms with Crippen LogP contribution in [0.2, 0.25) is 0 Å². The monoisotopic (exact) mass is 182 g/mol. The normalized spacial score (nSPS) is 24.7. The van der Waals surface area contributed by atoms with Crippen LogP contribution in [-0.2, 0) is 9.59 Å². The van der Waals surface area contributed by atoms with Crippen molar-refractivity contribution in [2.45, 2.75) is 18.9 Å². The van der Waals surface area contributed by atoms with Crippen LogP contribution in [0.4, 0.5) is 0 Å². The van der Waals surface area contributed by atoms with E-state index in [0.29, 0.717) is 18.4 Å². The highest BCUT2D eigenvalue weighted by Gasteiger charge is 2.12. The molecule has 0 saturated carbocycles. The number of aliphatic carboxylic acids is 1. The Hall–Kier alpha value is -1.42. The summed E-state index contributed by atoms with van der Waals surface area (Å²) in [6.07, 6.45) is 4.81. The summed E-state index contributed by atoms with van der Waals surface area (Å²) in [4.78, 5) is 20.9. The van der Waals surface area contributed by atoms with Crippen molar-refractivity contribution in [2.75, 3.05) is 0 Å². The first-order valence-corrected chi connectivity index (χ1v) is 3.93. The van der Waals surface area contributed by atoms with Gasteiger partial charge < -0.3 is 10.2 Å². The van der Waals surface area contributed by atoms with Crippen molar-refractivity contribution in [1.82, 2.24) is 0 Å². The molecule has 13 heavy (non-hydrogen) atoms. The van der Waals surface area contributed by atoms with Crippen molar-refractivity contribution in [3.63, 3.8) is 0 Å². The molecule has 0 fully saturated rings. The van der Waals surface area contributed by atoms with Crippen LogP contribution < -0.4 is 0 Å². The molecule has 0 spiro atoms. The zero-order valence-corrected chi connectivity index (χ0v) is 6.93.